The number of rotatable bonds is 7. The van der Waals surface area contributed by atoms with Gasteiger partial charge in [0.05, 0.1) is 18.2 Å². The van der Waals surface area contributed by atoms with E-state index >= 15 is 0 Å². The van der Waals surface area contributed by atoms with Crippen molar-refractivity contribution in [2.24, 2.45) is 5.73 Å². The molecular weight excluding hydrogens is 336 g/mol. The Morgan fingerprint density at radius 1 is 1.24 bits per heavy atom. The van der Waals surface area contributed by atoms with Gasteiger partial charge in [-0.1, -0.05) is 12.1 Å². The maximum atomic E-state index is 12.2. The Bertz CT molecular complexity index is 681. The molecule has 1 fully saturated rings. The summed E-state index contributed by atoms with van der Waals surface area (Å²) in [5.74, 6) is -0.180. The topological polar surface area (TPSA) is 80.5 Å². The van der Waals surface area contributed by atoms with E-state index in [-0.39, 0.29) is 5.91 Å². The van der Waals surface area contributed by atoms with Gasteiger partial charge < -0.3 is 15.8 Å². The number of hydrogen-bond acceptors (Lipinski definition) is 6. The molecule has 25 heavy (non-hydrogen) atoms. The van der Waals surface area contributed by atoms with Crippen molar-refractivity contribution in [2.45, 2.75) is 12.8 Å². The van der Waals surface area contributed by atoms with Crippen LogP contribution in [0.3, 0.4) is 0 Å². The first kappa shape index (κ1) is 18.0. The standard InChI is InChI=1S/C18H24N4O2S/c19-7-5-17-21-16(13-25-17)18(23)20-15-3-1-14(2-4-15)6-8-22-9-11-24-12-10-22/h1-4,13H,5-12,19H2,(H,20,23). The second-order valence-corrected chi connectivity index (χ2v) is 6.96. The second kappa shape index (κ2) is 9.05. The number of benzene rings is 1. The lowest BCUT2D eigenvalue weighted by Crippen LogP contribution is -2.37. The van der Waals surface area contributed by atoms with Crippen molar-refractivity contribution in [1.29, 1.82) is 0 Å². The Hall–Kier alpha value is -1.80. The molecule has 2 heterocycles. The number of carbonyl (C=O) groups is 1. The van der Waals surface area contributed by atoms with Gasteiger partial charge in [-0.25, -0.2) is 4.98 Å². The molecule has 0 saturated carbocycles. The van der Waals surface area contributed by atoms with Crippen molar-refractivity contribution < 1.29 is 9.53 Å². The number of nitrogens with one attached hydrogen (secondary N) is 1. The molecule has 7 heteroatoms. The Balaban J connectivity index is 1.50. The highest BCUT2D eigenvalue weighted by Crippen LogP contribution is 2.14. The highest BCUT2D eigenvalue weighted by atomic mass is 32.1. The molecular formula is C18H24N4O2S. The van der Waals surface area contributed by atoms with Crippen LogP contribution in [0.2, 0.25) is 0 Å². The number of morpholine rings is 1. The van der Waals surface area contributed by atoms with Crippen LogP contribution in [0.4, 0.5) is 5.69 Å². The summed E-state index contributed by atoms with van der Waals surface area (Å²) in [7, 11) is 0. The van der Waals surface area contributed by atoms with E-state index in [1.807, 2.05) is 12.1 Å². The first-order valence-electron chi connectivity index (χ1n) is 8.59. The molecule has 1 saturated heterocycles. The number of carbonyl (C=O) groups excluding carboxylic acids is 1. The van der Waals surface area contributed by atoms with E-state index in [4.69, 9.17) is 10.5 Å². The van der Waals surface area contributed by atoms with E-state index in [2.05, 4.69) is 27.3 Å². The van der Waals surface area contributed by atoms with Crippen LogP contribution in [0.25, 0.3) is 0 Å². The predicted molar refractivity (Wildman–Crippen MR) is 100 cm³/mol. The lowest BCUT2D eigenvalue weighted by molar-refractivity contribution is 0.0384. The zero-order valence-electron chi connectivity index (χ0n) is 14.2. The summed E-state index contributed by atoms with van der Waals surface area (Å²) in [6.45, 7) is 5.25. The minimum Gasteiger partial charge on any atom is -0.379 e. The number of nitrogens with two attached hydrogens (primary N) is 1. The van der Waals surface area contributed by atoms with Crippen LogP contribution in [0.1, 0.15) is 21.1 Å². The van der Waals surface area contributed by atoms with E-state index in [1.54, 1.807) is 5.38 Å². The Labute approximate surface area is 152 Å². The maximum absolute atomic E-state index is 12.2. The number of ether oxygens (including phenoxy) is 1. The largest absolute Gasteiger partial charge is 0.379 e. The number of aromatic nitrogens is 1. The van der Waals surface area contributed by atoms with Crippen LogP contribution in [0, 0.1) is 0 Å². The molecule has 6 nitrogen and oxygen atoms in total. The van der Waals surface area contributed by atoms with E-state index in [1.165, 1.54) is 16.9 Å². The van der Waals surface area contributed by atoms with Gasteiger partial charge in [-0.15, -0.1) is 11.3 Å². The molecule has 3 N–H and O–H groups in total. The summed E-state index contributed by atoms with van der Waals surface area (Å²) < 4.78 is 5.36. The van der Waals surface area contributed by atoms with Crippen LogP contribution in [0.5, 0.6) is 0 Å². The summed E-state index contributed by atoms with van der Waals surface area (Å²) in [6, 6.07) is 8.02. The van der Waals surface area contributed by atoms with Crippen molar-refractivity contribution in [3.8, 4) is 0 Å². The quantitative estimate of drug-likeness (QED) is 0.787. The number of nitrogens with zero attached hydrogens (tertiary/aromatic N) is 2. The van der Waals surface area contributed by atoms with Gasteiger partial charge in [0.1, 0.15) is 5.69 Å². The average molecular weight is 360 g/mol. The highest BCUT2D eigenvalue weighted by Gasteiger charge is 2.12. The molecule has 134 valence electrons. The minimum absolute atomic E-state index is 0.180. The number of hydrogen-bond donors (Lipinski definition) is 2. The molecule has 0 bridgehead atoms. The fourth-order valence-electron chi connectivity index (χ4n) is 2.72. The molecule has 1 amide bonds. The van der Waals surface area contributed by atoms with E-state index < -0.39 is 0 Å². The normalized spacial score (nSPS) is 15.2. The van der Waals surface area contributed by atoms with E-state index in [0.717, 1.165) is 50.0 Å². The third kappa shape index (κ3) is 5.34. The first-order valence-corrected chi connectivity index (χ1v) is 9.47. The Kier molecular flexibility index (Phi) is 6.52. The van der Waals surface area contributed by atoms with Gasteiger partial charge in [0.2, 0.25) is 0 Å². The lowest BCUT2D eigenvalue weighted by Gasteiger charge is -2.26. The molecule has 1 aliphatic heterocycles. The van der Waals surface area contributed by atoms with Gasteiger partial charge in [-0.05, 0) is 30.7 Å². The maximum Gasteiger partial charge on any atom is 0.275 e. The number of thiazole rings is 1. The summed E-state index contributed by atoms with van der Waals surface area (Å²) in [4.78, 5) is 19.0. The Morgan fingerprint density at radius 2 is 2.00 bits per heavy atom. The van der Waals surface area contributed by atoms with Gasteiger partial charge in [0.15, 0.2) is 0 Å². The average Bonchev–Trinajstić information content (AvgIpc) is 3.11. The summed E-state index contributed by atoms with van der Waals surface area (Å²) in [5.41, 5.74) is 8.01. The molecule has 1 aromatic carbocycles. The molecule has 0 spiro atoms. The predicted octanol–water partition coefficient (Wildman–Crippen LogP) is 1.77. The molecule has 0 atom stereocenters. The molecule has 1 aromatic heterocycles. The van der Waals surface area contributed by atoms with Crippen LogP contribution in [0.15, 0.2) is 29.6 Å². The molecule has 3 rings (SSSR count). The number of anilines is 1. The molecule has 0 radical (unpaired) electrons. The minimum atomic E-state index is -0.180. The zero-order chi connectivity index (χ0) is 17.5. The zero-order valence-corrected chi connectivity index (χ0v) is 15.1. The van der Waals surface area contributed by atoms with Gasteiger partial charge in [-0.2, -0.15) is 0 Å². The van der Waals surface area contributed by atoms with E-state index in [9.17, 15) is 4.79 Å². The van der Waals surface area contributed by atoms with Crippen LogP contribution < -0.4 is 11.1 Å². The Morgan fingerprint density at radius 3 is 2.72 bits per heavy atom. The molecule has 2 aromatic rings. The van der Waals surface area contributed by atoms with Crippen LogP contribution >= 0.6 is 11.3 Å². The smallest absolute Gasteiger partial charge is 0.275 e. The van der Waals surface area contributed by atoms with Crippen molar-refractivity contribution in [1.82, 2.24) is 9.88 Å². The van der Waals surface area contributed by atoms with Crippen molar-refractivity contribution >= 4 is 22.9 Å². The van der Waals surface area contributed by atoms with E-state index in [0.29, 0.717) is 18.7 Å². The fraction of sp³-hybridized carbons (Fsp3) is 0.444. The van der Waals surface area contributed by atoms with Crippen molar-refractivity contribution in [3.63, 3.8) is 0 Å². The summed E-state index contributed by atoms with van der Waals surface area (Å²) in [5, 5.41) is 5.56. The van der Waals surface area contributed by atoms with Crippen molar-refractivity contribution in [3.05, 3.63) is 45.9 Å². The third-order valence-corrected chi connectivity index (χ3v) is 5.08. The van der Waals surface area contributed by atoms with Gasteiger partial charge >= 0.3 is 0 Å². The summed E-state index contributed by atoms with van der Waals surface area (Å²) >= 11 is 1.47. The SMILES string of the molecule is NCCc1nc(C(=O)Nc2ccc(CCN3CCOCC3)cc2)cs1. The molecule has 0 unspecified atom stereocenters. The first-order chi connectivity index (χ1) is 12.2. The number of amides is 1. The molecule has 0 aliphatic carbocycles. The lowest BCUT2D eigenvalue weighted by atomic mass is 10.1. The fourth-order valence-corrected chi connectivity index (χ4v) is 3.51. The highest BCUT2D eigenvalue weighted by molar-refractivity contribution is 7.09. The van der Waals surface area contributed by atoms with Crippen LogP contribution in [-0.2, 0) is 17.6 Å². The van der Waals surface area contributed by atoms with Gasteiger partial charge in [0.25, 0.3) is 5.91 Å². The third-order valence-electron chi connectivity index (χ3n) is 4.17. The summed E-state index contributed by atoms with van der Waals surface area (Å²) in [6.07, 6.45) is 1.71. The van der Waals surface area contributed by atoms with Gasteiger partial charge in [-0.3, -0.25) is 9.69 Å². The molecule has 1 aliphatic rings. The monoisotopic (exact) mass is 360 g/mol. The second-order valence-electron chi connectivity index (χ2n) is 6.02. The van der Waals surface area contributed by atoms with Crippen molar-refractivity contribution in [2.75, 3.05) is 44.7 Å². The van der Waals surface area contributed by atoms with Gasteiger partial charge in [0, 0.05) is 37.1 Å². The van der Waals surface area contributed by atoms with Crippen LogP contribution in [-0.4, -0.2) is 55.2 Å².